The van der Waals surface area contributed by atoms with Gasteiger partial charge in [-0.15, -0.1) is 0 Å². The summed E-state index contributed by atoms with van der Waals surface area (Å²) >= 11 is 0. The molecule has 5 aliphatic rings. The summed E-state index contributed by atoms with van der Waals surface area (Å²) in [7, 11) is 1.63. The zero-order valence-corrected chi connectivity index (χ0v) is 20.6. The van der Waals surface area contributed by atoms with Crippen molar-refractivity contribution < 1.29 is 24.3 Å². The summed E-state index contributed by atoms with van der Waals surface area (Å²) in [6.07, 6.45) is 6.37. The Kier molecular flexibility index (Phi) is 5.47. The molecule has 0 radical (unpaired) electrons. The second-order valence-electron chi connectivity index (χ2n) is 11.1. The van der Waals surface area contributed by atoms with Gasteiger partial charge in [-0.05, 0) is 86.6 Å². The first-order chi connectivity index (χ1) is 17.7. The summed E-state index contributed by atoms with van der Waals surface area (Å²) in [4.78, 5) is 55.4. The van der Waals surface area contributed by atoms with Crippen LogP contribution in [0.15, 0.2) is 48.5 Å². The van der Waals surface area contributed by atoms with Gasteiger partial charge >= 0.3 is 12.0 Å². The van der Waals surface area contributed by atoms with Crippen molar-refractivity contribution in [2.24, 2.45) is 17.8 Å². The third kappa shape index (κ3) is 3.93. The molecule has 9 heteroatoms. The van der Waals surface area contributed by atoms with Crippen molar-refractivity contribution in [1.82, 2.24) is 5.32 Å². The van der Waals surface area contributed by atoms with E-state index in [0.29, 0.717) is 29.1 Å². The monoisotopic (exact) mass is 502 g/mol. The van der Waals surface area contributed by atoms with E-state index in [4.69, 9.17) is 0 Å². The Balaban J connectivity index is 1.34. The van der Waals surface area contributed by atoms with Gasteiger partial charge in [0.2, 0.25) is 0 Å². The second-order valence-corrected chi connectivity index (χ2v) is 11.1. The first kappa shape index (κ1) is 23.5. The molecule has 1 unspecified atom stereocenters. The van der Waals surface area contributed by atoms with Gasteiger partial charge in [-0.25, -0.2) is 9.59 Å². The van der Waals surface area contributed by atoms with Crippen LogP contribution in [0.1, 0.15) is 48.9 Å². The van der Waals surface area contributed by atoms with E-state index in [0.717, 1.165) is 19.3 Å². The van der Waals surface area contributed by atoms with E-state index in [1.807, 2.05) is 29.2 Å². The van der Waals surface area contributed by atoms with Gasteiger partial charge in [0.25, 0.3) is 11.8 Å². The largest absolute Gasteiger partial charge is 0.478 e. The first-order valence-corrected chi connectivity index (χ1v) is 12.9. The highest BCUT2D eigenvalue weighted by Crippen LogP contribution is 2.59. The minimum absolute atomic E-state index is 0.0163. The van der Waals surface area contributed by atoms with Crippen LogP contribution in [-0.2, 0) is 9.59 Å². The Hall–Kier alpha value is -3.88. The fourth-order valence-corrected chi connectivity index (χ4v) is 7.58. The van der Waals surface area contributed by atoms with E-state index in [1.54, 1.807) is 13.1 Å². The van der Waals surface area contributed by atoms with E-state index >= 15 is 0 Å². The number of carboxylic acids is 1. The number of carbonyl (C=O) groups excluding carboxylic acids is 3. The molecule has 1 aliphatic heterocycles. The van der Waals surface area contributed by atoms with E-state index in [-0.39, 0.29) is 16.8 Å². The second kappa shape index (κ2) is 8.61. The maximum atomic E-state index is 14.3. The Morgan fingerprint density at radius 2 is 1.51 bits per heavy atom. The van der Waals surface area contributed by atoms with Crippen molar-refractivity contribution in [3.63, 3.8) is 0 Å². The highest BCUT2D eigenvalue weighted by molar-refractivity contribution is 6.22. The molecule has 9 nitrogen and oxygen atoms in total. The number of carboxylic acid groups (broad SMARTS) is 1. The lowest BCUT2D eigenvalue weighted by Gasteiger charge is -2.60. The molecule has 37 heavy (non-hydrogen) atoms. The summed E-state index contributed by atoms with van der Waals surface area (Å²) < 4.78 is 0. The number of rotatable bonds is 4. The van der Waals surface area contributed by atoms with Gasteiger partial charge in [0, 0.05) is 18.3 Å². The molecule has 3 N–H and O–H groups in total. The van der Waals surface area contributed by atoms with E-state index in [9.17, 15) is 24.3 Å². The molecule has 0 spiro atoms. The molecule has 0 aromatic heterocycles. The van der Waals surface area contributed by atoms with Crippen LogP contribution >= 0.6 is 0 Å². The van der Waals surface area contributed by atoms with Crippen molar-refractivity contribution >= 4 is 40.9 Å². The molecule has 2 aromatic carbocycles. The normalized spacial score (nSPS) is 30.1. The maximum Gasteiger partial charge on any atom is 0.335 e. The maximum absolute atomic E-state index is 14.3. The molecule has 4 amide bonds. The molecule has 192 valence electrons. The topological polar surface area (TPSA) is 119 Å². The molecule has 1 atom stereocenters. The number of nitrogens with zero attached hydrogens (tertiary/aromatic N) is 2. The number of para-hydroxylation sites is 2. The lowest BCUT2D eigenvalue weighted by molar-refractivity contribution is -0.130. The molecule has 2 aromatic rings. The standard InChI is InChI=1S/C28H30N4O5/c1-31-21-7-2-3-8-22(21)32(28-13-16-9-17(14-28)11-18(10-16)15-28)25(34)23(24(31)33)30-27(37)29-20-6-4-5-19(12-20)26(35)36/h2-8,12,16-18,23H,9-11,13-15H2,1H3,(H,35,36)(H2,29,30,37). The molecule has 4 aliphatic carbocycles. The van der Waals surface area contributed by atoms with Gasteiger partial charge in [0.15, 0.2) is 6.04 Å². The number of amides is 4. The predicted octanol–water partition coefficient (Wildman–Crippen LogP) is 3.85. The van der Waals surface area contributed by atoms with E-state index < -0.39 is 29.9 Å². The highest BCUT2D eigenvalue weighted by atomic mass is 16.4. The van der Waals surface area contributed by atoms with Crippen LogP contribution in [0.5, 0.6) is 0 Å². The van der Waals surface area contributed by atoms with E-state index in [2.05, 4.69) is 10.6 Å². The zero-order chi connectivity index (χ0) is 25.9. The quantitative estimate of drug-likeness (QED) is 0.549. The van der Waals surface area contributed by atoms with Gasteiger partial charge in [-0.2, -0.15) is 0 Å². The van der Waals surface area contributed by atoms with Gasteiger partial charge in [0.05, 0.1) is 16.9 Å². The minimum atomic E-state index is -1.41. The number of likely N-dealkylation sites (N-methyl/N-ethyl adjacent to an activating group) is 1. The lowest BCUT2D eigenvalue weighted by atomic mass is 9.52. The third-order valence-corrected chi connectivity index (χ3v) is 8.65. The Labute approximate surface area is 214 Å². The summed E-state index contributed by atoms with van der Waals surface area (Å²) in [6.45, 7) is 0. The van der Waals surface area contributed by atoms with Crippen LogP contribution in [0, 0.1) is 17.8 Å². The van der Waals surface area contributed by atoms with Crippen LogP contribution in [0.3, 0.4) is 0 Å². The van der Waals surface area contributed by atoms with Gasteiger partial charge in [-0.3, -0.25) is 9.59 Å². The van der Waals surface area contributed by atoms with Crippen LogP contribution < -0.4 is 20.4 Å². The number of aromatic carboxylic acids is 1. The van der Waals surface area contributed by atoms with Crippen LogP contribution in [-0.4, -0.2) is 47.5 Å². The van der Waals surface area contributed by atoms with Crippen molar-refractivity contribution in [1.29, 1.82) is 0 Å². The molecule has 1 heterocycles. The molecule has 4 bridgehead atoms. The van der Waals surface area contributed by atoms with Crippen LogP contribution in [0.25, 0.3) is 0 Å². The van der Waals surface area contributed by atoms with Crippen LogP contribution in [0.4, 0.5) is 21.9 Å². The average molecular weight is 503 g/mol. The number of fused-ring (bicyclic) bond motifs is 1. The molecule has 7 rings (SSSR count). The first-order valence-electron chi connectivity index (χ1n) is 12.9. The average Bonchev–Trinajstić information content (AvgIpc) is 2.93. The predicted molar refractivity (Wildman–Crippen MR) is 138 cm³/mol. The van der Waals surface area contributed by atoms with Gasteiger partial charge in [-0.1, -0.05) is 18.2 Å². The Bertz CT molecular complexity index is 1270. The number of carbonyl (C=O) groups is 4. The number of nitrogens with one attached hydrogen (secondary N) is 2. The van der Waals surface area contributed by atoms with Gasteiger partial charge in [0.1, 0.15) is 0 Å². The van der Waals surface area contributed by atoms with Crippen molar-refractivity contribution in [3.8, 4) is 0 Å². The van der Waals surface area contributed by atoms with Crippen molar-refractivity contribution in [2.75, 3.05) is 22.2 Å². The minimum Gasteiger partial charge on any atom is -0.478 e. The van der Waals surface area contributed by atoms with Gasteiger partial charge < -0.3 is 25.5 Å². The fourth-order valence-electron chi connectivity index (χ4n) is 7.58. The number of anilines is 3. The molecular formula is C28H30N4O5. The summed E-state index contributed by atoms with van der Waals surface area (Å²) in [6, 6.07) is 11.1. The summed E-state index contributed by atoms with van der Waals surface area (Å²) in [5.74, 6) is -0.307. The Morgan fingerprint density at radius 3 is 2.14 bits per heavy atom. The smallest absolute Gasteiger partial charge is 0.335 e. The lowest BCUT2D eigenvalue weighted by Crippen LogP contribution is -2.65. The molecule has 0 saturated heterocycles. The van der Waals surface area contributed by atoms with Crippen molar-refractivity contribution in [2.45, 2.75) is 50.1 Å². The Morgan fingerprint density at radius 1 is 0.892 bits per heavy atom. The third-order valence-electron chi connectivity index (χ3n) is 8.65. The number of benzene rings is 2. The summed E-state index contributed by atoms with van der Waals surface area (Å²) in [5.41, 5.74) is 1.27. The fraction of sp³-hybridized carbons (Fsp3) is 0.429. The van der Waals surface area contributed by atoms with Crippen LogP contribution in [0.2, 0.25) is 0 Å². The number of urea groups is 1. The summed E-state index contributed by atoms with van der Waals surface area (Å²) in [5, 5.41) is 14.4. The van der Waals surface area contributed by atoms with E-state index in [1.165, 1.54) is 42.4 Å². The molecular weight excluding hydrogens is 472 g/mol. The number of hydrogen-bond acceptors (Lipinski definition) is 4. The van der Waals surface area contributed by atoms with Crippen molar-refractivity contribution in [3.05, 3.63) is 54.1 Å². The highest BCUT2D eigenvalue weighted by Gasteiger charge is 2.57. The molecule has 4 saturated carbocycles. The molecule has 4 fully saturated rings. The number of hydrogen-bond donors (Lipinski definition) is 3. The SMILES string of the molecule is CN1C(=O)C(NC(=O)Nc2cccc(C(=O)O)c2)C(=O)N(C23CC4CC(CC(C4)C2)C3)c2ccccc21. The zero-order valence-electron chi connectivity index (χ0n) is 20.6.